The second-order valence-electron chi connectivity index (χ2n) is 14.4. The quantitative estimate of drug-likeness (QED) is 0.0399. The number of methoxy groups -OCH3 is 2. The zero-order chi connectivity index (χ0) is 40.7. The standard InChI is InChI=1S/2C21H39NO5.Zn/c2*1-3-4-5-6-7-8-9-10-11-12-13-14-15-16-19(23)22-18(21(25)26)17-20(24)27-2;/h2*18H,3-17H2,1-2H3,(H,22,23)(H,25,26);/q;;+2/p-2/t2*18-;/m00./s1. The Morgan fingerprint density at radius 3 is 0.836 bits per heavy atom. The Morgan fingerprint density at radius 1 is 0.418 bits per heavy atom. The topological polar surface area (TPSA) is 191 Å². The predicted octanol–water partition coefficient (Wildman–Crippen LogP) is 6.53. The van der Waals surface area contributed by atoms with Crippen LogP contribution in [0.15, 0.2) is 0 Å². The van der Waals surface area contributed by atoms with Crippen molar-refractivity contribution in [2.75, 3.05) is 14.2 Å². The number of amides is 2. The van der Waals surface area contributed by atoms with Gasteiger partial charge in [0.25, 0.3) is 0 Å². The van der Waals surface area contributed by atoms with E-state index in [0.717, 1.165) is 38.5 Å². The Balaban J connectivity index is -0.000000966. The van der Waals surface area contributed by atoms with Crippen molar-refractivity contribution in [1.29, 1.82) is 0 Å². The van der Waals surface area contributed by atoms with Crippen molar-refractivity contribution in [3.05, 3.63) is 0 Å². The van der Waals surface area contributed by atoms with Crippen LogP contribution in [0.5, 0.6) is 0 Å². The number of aliphatic carboxylic acids is 2. The minimum absolute atomic E-state index is 0. The van der Waals surface area contributed by atoms with Crippen LogP contribution in [0.1, 0.15) is 206 Å². The second-order valence-corrected chi connectivity index (χ2v) is 14.4. The van der Waals surface area contributed by atoms with Gasteiger partial charge in [0.1, 0.15) is 0 Å². The zero-order valence-corrected chi connectivity index (χ0v) is 38.1. The Kier molecular flexibility index (Phi) is 44.0. The molecule has 0 fully saturated rings. The molecule has 0 unspecified atom stereocenters. The molecule has 0 bridgehead atoms. The number of carbonyl (C=O) groups is 6. The summed E-state index contributed by atoms with van der Waals surface area (Å²) in [6.45, 7) is 4.48. The summed E-state index contributed by atoms with van der Waals surface area (Å²) in [4.78, 5) is 67.7. The van der Waals surface area contributed by atoms with Crippen molar-refractivity contribution in [2.45, 2.75) is 219 Å². The van der Waals surface area contributed by atoms with Gasteiger partial charge in [0, 0.05) is 12.8 Å². The molecule has 0 aliphatic rings. The molecule has 0 aromatic rings. The summed E-state index contributed by atoms with van der Waals surface area (Å²) in [6, 6.07) is -2.65. The van der Waals surface area contributed by atoms with E-state index >= 15 is 0 Å². The molecule has 0 radical (unpaired) electrons. The summed E-state index contributed by atoms with van der Waals surface area (Å²) in [7, 11) is 2.34. The fourth-order valence-corrected chi connectivity index (χ4v) is 6.03. The molecule has 2 N–H and O–H groups in total. The van der Waals surface area contributed by atoms with E-state index in [4.69, 9.17) is 0 Å². The monoisotopic (exact) mass is 832 g/mol. The van der Waals surface area contributed by atoms with Crippen molar-refractivity contribution in [2.24, 2.45) is 0 Å². The molecule has 0 spiro atoms. The van der Waals surface area contributed by atoms with Crippen LogP contribution in [0, 0.1) is 0 Å². The van der Waals surface area contributed by atoms with Crippen molar-refractivity contribution < 1.29 is 67.9 Å². The van der Waals surface area contributed by atoms with Crippen molar-refractivity contribution >= 4 is 35.7 Å². The molecule has 55 heavy (non-hydrogen) atoms. The maximum absolute atomic E-state index is 11.8. The maximum atomic E-state index is 11.8. The molecule has 316 valence electrons. The van der Waals surface area contributed by atoms with Gasteiger partial charge in [-0.25, -0.2) is 0 Å². The summed E-state index contributed by atoms with van der Waals surface area (Å²) < 4.78 is 8.83. The van der Waals surface area contributed by atoms with E-state index in [1.54, 1.807) is 0 Å². The third-order valence-corrected chi connectivity index (χ3v) is 9.45. The van der Waals surface area contributed by atoms with Gasteiger partial charge in [-0.1, -0.05) is 168 Å². The molecule has 0 saturated heterocycles. The molecule has 0 aromatic carbocycles. The molecule has 0 saturated carbocycles. The van der Waals surface area contributed by atoms with E-state index < -0.39 is 48.8 Å². The molecule has 13 heteroatoms. The zero-order valence-electron chi connectivity index (χ0n) is 35.2. The number of esters is 2. The van der Waals surface area contributed by atoms with Gasteiger partial charge in [-0.3, -0.25) is 19.2 Å². The number of nitrogens with one attached hydrogen (secondary N) is 2. The van der Waals surface area contributed by atoms with E-state index in [1.807, 2.05) is 0 Å². The number of carboxylic acid groups (broad SMARTS) is 2. The van der Waals surface area contributed by atoms with Gasteiger partial charge in [0.15, 0.2) is 0 Å². The minimum atomic E-state index is -1.47. The van der Waals surface area contributed by atoms with Gasteiger partial charge in [-0.15, -0.1) is 0 Å². The Labute approximate surface area is 345 Å². The first-order chi connectivity index (χ1) is 26.0. The van der Waals surface area contributed by atoms with Crippen molar-refractivity contribution in [3.8, 4) is 0 Å². The third-order valence-electron chi connectivity index (χ3n) is 9.45. The number of unbranched alkanes of at least 4 members (excludes halogenated alkanes) is 24. The Hall–Kier alpha value is -2.56. The van der Waals surface area contributed by atoms with Crippen LogP contribution >= 0.6 is 0 Å². The van der Waals surface area contributed by atoms with Crippen LogP contribution in [0.2, 0.25) is 0 Å². The van der Waals surface area contributed by atoms with Crippen molar-refractivity contribution in [3.63, 3.8) is 0 Å². The average Bonchev–Trinajstić information content (AvgIpc) is 3.14. The van der Waals surface area contributed by atoms with E-state index in [0.29, 0.717) is 0 Å². The maximum Gasteiger partial charge on any atom is 2.00 e. The number of carboxylic acids is 2. The van der Waals surface area contributed by atoms with E-state index in [1.165, 1.54) is 143 Å². The van der Waals surface area contributed by atoms with Crippen molar-refractivity contribution in [1.82, 2.24) is 10.6 Å². The smallest absolute Gasteiger partial charge is 0.548 e. The van der Waals surface area contributed by atoms with Gasteiger partial charge < -0.3 is 39.9 Å². The van der Waals surface area contributed by atoms with Gasteiger partial charge in [0.2, 0.25) is 11.8 Å². The summed E-state index contributed by atoms with van der Waals surface area (Å²) in [5.41, 5.74) is 0. The van der Waals surface area contributed by atoms with E-state index in [2.05, 4.69) is 34.0 Å². The molecule has 0 aliphatic heterocycles. The summed E-state index contributed by atoms with van der Waals surface area (Å²) >= 11 is 0. The summed E-state index contributed by atoms with van der Waals surface area (Å²) in [5.74, 6) is -5.05. The molecule has 2 atom stereocenters. The first-order valence-corrected chi connectivity index (χ1v) is 21.2. The minimum Gasteiger partial charge on any atom is -0.548 e. The third kappa shape index (κ3) is 40.9. The van der Waals surface area contributed by atoms with Gasteiger partial charge >= 0.3 is 31.4 Å². The Morgan fingerprint density at radius 2 is 0.636 bits per heavy atom. The van der Waals surface area contributed by atoms with Crippen LogP contribution in [0.3, 0.4) is 0 Å². The second kappa shape index (κ2) is 42.6. The van der Waals surface area contributed by atoms with Gasteiger partial charge in [0.05, 0.1) is 51.1 Å². The van der Waals surface area contributed by atoms with Gasteiger partial charge in [-0.05, 0) is 12.8 Å². The summed E-state index contributed by atoms with van der Waals surface area (Å²) in [6.07, 6.45) is 31.5. The fraction of sp³-hybridized carbons (Fsp3) is 0.857. The molecule has 0 aromatic heterocycles. The van der Waals surface area contributed by atoms with E-state index in [9.17, 15) is 39.0 Å². The number of ether oxygens (including phenoxy) is 2. The molecule has 0 aliphatic carbocycles. The largest absolute Gasteiger partial charge is 2.00 e. The number of hydrogen-bond donors (Lipinski definition) is 2. The Bertz CT molecular complexity index is 906. The first kappa shape index (κ1) is 56.8. The summed E-state index contributed by atoms with van der Waals surface area (Å²) in [5, 5.41) is 26.5. The van der Waals surface area contributed by atoms with Crippen LogP contribution in [-0.4, -0.2) is 62.0 Å². The molecule has 0 heterocycles. The molecule has 2 amide bonds. The van der Waals surface area contributed by atoms with E-state index in [-0.39, 0.29) is 44.1 Å². The molecule has 12 nitrogen and oxygen atoms in total. The molecular formula is C42H76N2O10Zn. The van der Waals surface area contributed by atoms with Crippen LogP contribution in [0.25, 0.3) is 0 Å². The normalized spacial score (nSPS) is 11.6. The number of carbonyl (C=O) groups excluding carboxylic acids is 6. The average molecular weight is 834 g/mol. The molecular weight excluding hydrogens is 758 g/mol. The predicted molar refractivity (Wildman–Crippen MR) is 208 cm³/mol. The SMILES string of the molecule is CCCCCCCCCCCCCCCC(=O)N[C@@H](CC(=O)OC)C(=O)[O-].CCCCCCCCCCCCCCCC(=O)N[C@@H](CC(=O)OC)C(=O)[O-].[Zn+2]. The molecule has 0 rings (SSSR count). The van der Waals surface area contributed by atoms with Crippen LogP contribution < -0.4 is 20.8 Å². The van der Waals surface area contributed by atoms with Crippen LogP contribution in [0.4, 0.5) is 0 Å². The van der Waals surface area contributed by atoms with Gasteiger partial charge in [-0.2, -0.15) is 0 Å². The van der Waals surface area contributed by atoms with Crippen LogP contribution in [-0.2, 0) is 57.7 Å². The first-order valence-electron chi connectivity index (χ1n) is 21.2. The number of hydrogen-bond acceptors (Lipinski definition) is 10. The fourth-order valence-electron chi connectivity index (χ4n) is 6.03. The number of rotatable bonds is 36.